The summed E-state index contributed by atoms with van der Waals surface area (Å²) in [5, 5.41) is 3.55. The lowest BCUT2D eigenvalue weighted by molar-refractivity contribution is 0.0526. The van der Waals surface area contributed by atoms with E-state index >= 15 is 0 Å². The van der Waals surface area contributed by atoms with Gasteiger partial charge in [-0.2, -0.15) is 0 Å². The van der Waals surface area contributed by atoms with Gasteiger partial charge in [0, 0.05) is 49.2 Å². The summed E-state index contributed by atoms with van der Waals surface area (Å²) in [6.07, 6.45) is 0.969. The van der Waals surface area contributed by atoms with Gasteiger partial charge in [-0.1, -0.05) is 35.5 Å². The van der Waals surface area contributed by atoms with E-state index in [-0.39, 0.29) is 11.2 Å². The highest BCUT2D eigenvalue weighted by Crippen LogP contribution is 2.16. The van der Waals surface area contributed by atoms with E-state index in [2.05, 4.69) is 27.2 Å². The van der Waals surface area contributed by atoms with E-state index in [1.165, 1.54) is 17.3 Å². The summed E-state index contributed by atoms with van der Waals surface area (Å²) in [5.74, 6) is 0.420. The Labute approximate surface area is 199 Å². The maximum absolute atomic E-state index is 12.2. The van der Waals surface area contributed by atoms with Crippen LogP contribution in [0.4, 0.5) is 10.5 Å². The van der Waals surface area contributed by atoms with Gasteiger partial charge >= 0.3 is 5.97 Å². The molecule has 0 saturated carbocycles. The first-order chi connectivity index (χ1) is 15.5. The monoisotopic (exact) mass is 475 g/mol. The fraction of sp³-hybridized carbons (Fsp3) is 0.417. The molecule has 3 rings (SSSR count). The predicted octanol–water partition coefficient (Wildman–Crippen LogP) is 4.99. The first kappa shape index (κ1) is 24.6. The number of carbonyl (C=O) groups is 2. The molecule has 2 aromatic rings. The van der Waals surface area contributed by atoms with Gasteiger partial charge in [-0.25, -0.2) is 4.79 Å². The van der Waals surface area contributed by atoms with E-state index in [1.807, 2.05) is 12.1 Å². The van der Waals surface area contributed by atoms with Crippen molar-refractivity contribution >= 4 is 40.3 Å². The number of piperazine rings is 1. The van der Waals surface area contributed by atoms with E-state index in [0.717, 1.165) is 56.5 Å². The summed E-state index contributed by atoms with van der Waals surface area (Å²) in [6, 6.07) is 14.8. The van der Waals surface area contributed by atoms with Gasteiger partial charge in [0.25, 0.3) is 5.24 Å². The first-order valence-electron chi connectivity index (χ1n) is 10.9. The first-order valence-corrected chi connectivity index (χ1v) is 12.3. The zero-order valence-corrected chi connectivity index (χ0v) is 20.0. The Morgan fingerprint density at radius 1 is 1.00 bits per heavy atom. The summed E-state index contributed by atoms with van der Waals surface area (Å²) in [7, 11) is 0. The van der Waals surface area contributed by atoms with E-state index in [4.69, 9.17) is 16.3 Å². The number of esters is 1. The molecule has 8 heteroatoms. The summed E-state index contributed by atoms with van der Waals surface area (Å²) in [6.45, 7) is 8.29. The number of hydrogen-bond donors (Lipinski definition) is 1. The molecule has 1 aliphatic heterocycles. The maximum atomic E-state index is 12.2. The Balaban J connectivity index is 1.28. The SMILES string of the molecule is CCOC(=O)c1ccc(NC(=O)SCCCN2CCN(Cc3ccc(Cl)cc3)CC2)cc1. The Kier molecular flexibility index (Phi) is 9.87. The van der Waals surface area contributed by atoms with Crippen LogP contribution in [-0.4, -0.2) is 66.1 Å². The minimum Gasteiger partial charge on any atom is -0.462 e. The molecule has 1 aliphatic rings. The number of amides is 1. The number of nitrogens with zero attached hydrogens (tertiary/aromatic N) is 2. The second kappa shape index (κ2) is 12.8. The van der Waals surface area contributed by atoms with Crippen molar-refractivity contribution in [1.82, 2.24) is 9.80 Å². The van der Waals surface area contributed by atoms with Gasteiger partial charge in [-0.3, -0.25) is 9.69 Å². The van der Waals surface area contributed by atoms with Gasteiger partial charge in [-0.05, 0) is 61.9 Å². The van der Waals surface area contributed by atoms with Crippen LogP contribution in [0.25, 0.3) is 0 Å². The third-order valence-corrected chi connectivity index (χ3v) is 6.39. The molecular weight excluding hydrogens is 446 g/mol. The van der Waals surface area contributed by atoms with E-state index in [9.17, 15) is 9.59 Å². The van der Waals surface area contributed by atoms with Crippen LogP contribution in [0.1, 0.15) is 29.3 Å². The number of thioether (sulfide) groups is 1. The fourth-order valence-electron chi connectivity index (χ4n) is 3.53. The number of rotatable bonds is 9. The quantitative estimate of drug-likeness (QED) is 0.407. The summed E-state index contributed by atoms with van der Waals surface area (Å²) in [4.78, 5) is 28.8. The minimum absolute atomic E-state index is 0.0818. The number of benzene rings is 2. The molecule has 1 saturated heterocycles. The molecule has 0 atom stereocenters. The number of hydrogen-bond acceptors (Lipinski definition) is 6. The molecule has 0 bridgehead atoms. The second-order valence-electron chi connectivity index (χ2n) is 7.66. The predicted molar refractivity (Wildman–Crippen MR) is 132 cm³/mol. The molecule has 1 fully saturated rings. The van der Waals surface area contributed by atoms with E-state index in [0.29, 0.717) is 17.9 Å². The molecule has 2 aromatic carbocycles. The highest BCUT2D eigenvalue weighted by Gasteiger charge is 2.16. The second-order valence-corrected chi connectivity index (χ2v) is 9.16. The van der Waals surface area contributed by atoms with Gasteiger partial charge in [0.2, 0.25) is 0 Å². The zero-order valence-electron chi connectivity index (χ0n) is 18.4. The number of ether oxygens (including phenoxy) is 1. The van der Waals surface area contributed by atoms with Crippen LogP contribution in [0.5, 0.6) is 0 Å². The van der Waals surface area contributed by atoms with Crippen molar-refractivity contribution in [2.45, 2.75) is 19.9 Å². The lowest BCUT2D eigenvalue weighted by atomic mass is 10.2. The number of halogens is 1. The molecule has 1 N–H and O–H groups in total. The van der Waals surface area contributed by atoms with Crippen molar-refractivity contribution in [3.8, 4) is 0 Å². The van der Waals surface area contributed by atoms with Gasteiger partial charge < -0.3 is 15.0 Å². The van der Waals surface area contributed by atoms with Crippen molar-refractivity contribution in [1.29, 1.82) is 0 Å². The number of nitrogens with one attached hydrogen (secondary N) is 1. The van der Waals surface area contributed by atoms with Crippen LogP contribution in [-0.2, 0) is 11.3 Å². The molecular formula is C24H30ClN3O3S. The lowest BCUT2D eigenvalue weighted by Gasteiger charge is -2.34. The normalized spacial score (nSPS) is 14.8. The Bertz CT molecular complexity index is 869. The molecule has 0 aliphatic carbocycles. The third-order valence-electron chi connectivity index (χ3n) is 5.28. The molecule has 172 valence electrons. The molecule has 32 heavy (non-hydrogen) atoms. The summed E-state index contributed by atoms with van der Waals surface area (Å²) < 4.78 is 4.96. The average molecular weight is 476 g/mol. The summed E-state index contributed by atoms with van der Waals surface area (Å²) in [5.41, 5.74) is 2.44. The highest BCUT2D eigenvalue weighted by atomic mass is 35.5. The van der Waals surface area contributed by atoms with Crippen LogP contribution in [0.3, 0.4) is 0 Å². The molecule has 0 unspecified atom stereocenters. The van der Waals surface area contributed by atoms with Crippen molar-refractivity contribution in [3.05, 3.63) is 64.7 Å². The Morgan fingerprint density at radius 3 is 2.31 bits per heavy atom. The molecule has 0 aromatic heterocycles. The Morgan fingerprint density at radius 2 is 1.66 bits per heavy atom. The molecule has 0 radical (unpaired) electrons. The van der Waals surface area contributed by atoms with E-state index < -0.39 is 0 Å². The topological polar surface area (TPSA) is 61.9 Å². The third kappa shape index (κ3) is 8.13. The minimum atomic E-state index is -0.356. The van der Waals surface area contributed by atoms with Crippen molar-refractivity contribution in [3.63, 3.8) is 0 Å². The maximum Gasteiger partial charge on any atom is 0.338 e. The van der Waals surface area contributed by atoms with Crippen LogP contribution >= 0.6 is 23.4 Å². The molecule has 1 amide bonds. The van der Waals surface area contributed by atoms with Crippen LogP contribution in [0.2, 0.25) is 5.02 Å². The van der Waals surface area contributed by atoms with E-state index in [1.54, 1.807) is 31.2 Å². The summed E-state index contributed by atoms with van der Waals surface area (Å²) >= 11 is 7.25. The Hall–Kier alpha value is -2.06. The number of anilines is 1. The molecule has 1 heterocycles. The van der Waals surface area contributed by atoms with Crippen molar-refractivity contribution < 1.29 is 14.3 Å². The molecule has 6 nitrogen and oxygen atoms in total. The average Bonchev–Trinajstić information content (AvgIpc) is 2.80. The smallest absolute Gasteiger partial charge is 0.338 e. The highest BCUT2D eigenvalue weighted by molar-refractivity contribution is 8.13. The lowest BCUT2D eigenvalue weighted by Crippen LogP contribution is -2.46. The van der Waals surface area contributed by atoms with Crippen molar-refractivity contribution in [2.24, 2.45) is 0 Å². The van der Waals surface area contributed by atoms with Crippen LogP contribution in [0.15, 0.2) is 48.5 Å². The zero-order chi connectivity index (χ0) is 22.8. The standard InChI is InChI=1S/C24H30ClN3O3S/c1-2-31-23(29)20-6-10-22(11-7-20)26-24(30)32-17-3-12-27-13-15-28(16-14-27)18-19-4-8-21(25)9-5-19/h4-11H,2-3,12-18H2,1H3,(H,26,30). The van der Waals surface area contributed by atoms with Gasteiger partial charge in [0.15, 0.2) is 0 Å². The largest absolute Gasteiger partial charge is 0.462 e. The van der Waals surface area contributed by atoms with Gasteiger partial charge in [0.1, 0.15) is 0 Å². The number of carbonyl (C=O) groups excluding carboxylic acids is 2. The van der Waals surface area contributed by atoms with Gasteiger partial charge in [-0.15, -0.1) is 0 Å². The van der Waals surface area contributed by atoms with Crippen molar-refractivity contribution in [2.75, 3.05) is 50.4 Å². The van der Waals surface area contributed by atoms with Gasteiger partial charge in [0.05, 0.1) is 12.2 Å². The van der Waals surface area contributed by atoms with Crippen LogP contribution in [0, 0.1) is 0 Å². The van der Waals surface area contributed by atoms with Crippen LogP contribution < -0.4 is 5.32 Å². The fourth-order valence-corrected chi connectivity index (χ4v) is 4.30. The molecule has 0 spiro atoms.